The van der Waals surface area contributed by atoms with Gasteiger partial charge in [-0.25, -0.2) is 4.57 Å². The molecule has 336 valence electrons. The molecule has 9 heteroatoms. The van der Waals surface area contributed by atoms with E-state index in [1.54, 1.807) is 0 Å². The van der Waals surface area contributed by atoms with Gasteiger partial charge in [0.2, 0.25) is 5.91 Å². The second-order valence-corrected chi connectivity index (χ2v) is 17.5. The summed E-state index contributed by atoms with van der Waals surface area (Å²) in [4.78, 5) is 23.0. The first-order valence-electron chi connectivity index (χ1n) is 22.8. The standard InChI is InChI=1S/C50H85N2O6P/c1-6-8-10-12-14-15-16-17-18-19-20-21-22-23-24-25-26-27-28-29-30-31-32-33-34-35-36-37-38-40-42-44-50(54)51-48(49(53)43-41-39-13-11-9-7-2)47-58-59(55,56)57-46-45-52(3,4)5/h8,10,14-15,17-18,20-21,23-24,26-27,29-30,32-33,35-36,48-49,53H,6-7,9,11-13,16,19,22,25,28,31,34,37-47H2,1-5H3,(H-,51,54,55,56)/p+1/b10-8-,15-14-,18-17-,21-20-,24-23-,27-26-,30-29-,33-32-,36-35-. The van der Waals surface area contributed by atoms with Gasteiger partial charge in [0, 0.05) is 6.42 Å². The lowest BCUT2D eigenvalue weighted by Crippen LogP contribution is -2.46. The van der Waals surface area contributed by atoms with E-state index in [4.69, 9.17) is 9.05 Å². The van der Waals surface area contributed by atoms with Gasteiger partial charge in [0.15, 0.2) is 0 Å². The molecule has 0 aliphatic heterocycles. The van der Waals surface area contributed by atoms with Crippen molar-refractivity contribution >= 4 is 13.7 Å². The Morgan fingerprint density at radius 1 is 0.593 bits per heavy atom. The zero-order chi connectivity index (χ0) is 43.6. The molecule has 59 heavy (non-hydrogen) atoms. The van der Waals surface area contributed by atoms with E-state index in [0.29, 0.717) is 23.9 Å². The van der Waals surface area contributed by atoms with E-state index in [-0.39, 0.29) is 19.1 Å². The van der Waals surface area contributed by atoms with E-state index in [1.807, 2.05) is 21.1 Å². The highest BCUT2D eigenvalue weighted by Crippen LogP contribution is 2.43. The lowest BCUT2D eigenvalue weighted by atomic mass is 10.0. The number of rotatable bonds is 39. The molecule has 0 saturated carbocycles. The van der Waals surface area contributed by atoms with Crippen LogP contribution >= 0.6 is 7.82 Å². The molecule has 0 bridgehead atoms. The van der Waals surface area contributed by atoms with Crippen molar-refractivity contribution in [2.24, 2.45) is 0 Å². The van der Waals surface area contributed by atoms with Crippen molar-refractivity contribution in [3.8, 4) is 0 Å². The highest BCUT2D eigenvalue weighted by Gasteiger charge is 2.28. The maximum atomic E-state index is 12.8. The normalized spacial score (nSPS) is 15.3. The Morgan fingerprint density at radius 2 is 1.02 bits per heavy atom. The predicted octanol–water partition coefficient (Wildman–Crippen LogP) is 12.9. The molecule has 0 spiro atoms. The van der Waals surface area contributed by atoms with Crippen LogP contribution in [0.4, 0.5) is 0 Å². The van der Waals surface area contributed by atoms with Crippen molar-refractivity contribution in [3.05, 3.63) is 109 Å². The fraction of sp³-hybridized carbons (Fsp3) is 0.620. The first-order chi connectivity index (χ1) is 28.5. The number of nitrogens with zero attached hydrogens (tertiary/aromatic N) is 1. The van der Waals surface area contributed by atoms with Crippen molar-refractivity contribution in [2.45, 2.75) is 161 Å². The molecule has 0 aliphatic rings. The van der Waals surface area contributed by atoms with E-state index in [2.05, 4.69) is 129 Å². The maximum Gasteiger partial charge on any atom is 0.472 e. The summed E-state index contributed by atoms with van der Waals surface area (Å²) in [7, 11) is 1.57. The first-order valence-corrected chi connectivity index (χ1v) is 24.2. The van der Waals surface area contributed by atoms with Crippen LogP contribution in [0.5, 0.6) is 0 Å². The van der Waals surface area contributed by atoms with Gasteiger partial charge in [-0.2, -0.15) is 0 Å². The van der Waals surface area contributed by atoms with E-state index in [0.717, 1.165) is 103 Å². The zero-order valence-electron chi connectivity index (χ0n) is 37.9. The molecule has 0 aromatic rings. The van der Waals surface area contributed by atoms with Gasteiger partial charge in [0.1, 0.15) is 13.2 Å². The monoisotopic (exact) mass is 842 g/mol. The van der Waals surface area contributed by atoms with Crippen molar-refractivity contribution in [3.63, 3.8) is 0 Å². The van der Waals surface area contributed by atoms with Crippen LogP contribution in [0.3, 0.4) is 0 Å². The van der Waals surface area contributed by atoms with Gasteiger partial charge in [-0.1, -0.05) is 168 Å². The molecular weight excluding hydrogens is 756 g/mol. The third-order valence-electron chi connectivity index (χ3n) is 9.29. The van der Waals surface area contributed by atoms with Crippen LogP contribution in [0.1, 0.15) is 149 Å². The van der Waals surface area contributed by atoms with Gasteiger partial charge in [-0.05, 0) is 83.5 Å². The Morgan fingerprint density at radius 3 is 1.47 bits per heavy atom. The second-order valence-electron chi connectivity index (χ2n) is 16.0. The van der Waals surface area contributed by atoms with Crippen molar-refractivity contribution < 1.29 is 32.9 Å². The smallest absolute Gasteiger partial charge is 0.391 e. The Hall–Kier alpha value is -2.84. The summed E-state index contributed by atoms with van der Waals surface area (Å²) < 4.78 is 23.4. The number of unbranched alkanes of at least 4 members (excludes halogenated alkanes) is 8. The van der Waals surface area contributed by atoms with E-state index >= 15 is 0 Å². The minimum atomic E-state index is -4.32. The average Bonchev–Trinajstić information content (AvgIpc) is 3.19. The fourth-order valence-corrected chi connectivity index (χ4v) is 6.42. The molecule has 3 atom stereocenters. The molecule has 8 nitrogen and oxygen atoms in total. The molecule has 0 saturated heterocycles. The van der Waals surface area contributed by atoms with Gasteiger partial charge in [0.05, 0.1) is 39.9 Å². The van der Waals surface area contributed by atoms with Crippen LogP contribution in [0.2, 0.25) is 0 Å². The molecular formula is C50H86N2O6P+. The average molecular weight is 842 g/mol. The highest BCUT2D eigenvalue weighted by molar-refractivity contribution is 7.47. The van der Waals surface area contributed by atoms with Crippen molar-refractivity contribution in [1.29, 1.82) is 0 Å². The lowest BCUT2D eigenvalue weighted by Gasteiger charge is -2.26. The number of amides is 1. The number of phosphoric ester groups is 1. The van der Waals surface area contributed by atoms with Gasteiger partial charge in [-0.3, -0.25) is 13.8 Å². The summed E-state index contributed by atoms with van der Waals surface area (Å²) >= 11 is 0. The molecule has 0 heterocycles. The summed E-state index contributed by atoms with van der Waals surface area (Å²) in [6, 6.07) is -0.783. The Kier molecular flexibility index (Phi) is 38.6. The number of aliphatic hydroxyl groups excluding tert-OH is 1. The topological polar surface area (TPSA) is 105 Å². The third kappa shape index (κ3) is 43.1. The Labute approximate surface area is 361 Å². The van der Waals surface area contributed by atoms with Crippen LogP contribution in [0.15, 0.2) is 109 Å². The molecule has 3 unspecified atom stereocenters. The third-order valence-corrected chi connectivity index (χ3v) is 10.3. The number of allylic oxidation sites excluding steroid dienone is 18. The van der Waals surface area contributed by atoms with Gasteiger partial charge in [-0.15, -0.1) is 0 Å². The summed E-state index contributed by atoms with van der Waals surface area (Å²) in [6.07, 6.45) is 58.7. The number of aliphatic hydroxyl groups is 1. The van der Waals surface area contributed by atoms with Crippen LogP contribution in [-0.4, -0.2) is 73.4 Å². The summed E-state index contributed by atoms with van der Waals surface area (Å²) in [5, 5.41) is 13.8. The molecule has 0 aliphatic carbocycles. The molecule has 1 amide bonds. The number of quaternary nitrogens is 1. The molecule has 0 aromatic carbocycles. The van der Waals surface area contributed by atoms with Crippen molar-refractivity contribution in [1.82, 2.24) is 5.32 Å². The van der Waals surface area contributed by atoms with Gasteiger partial charge >= 0.3 is 7.82 Å². The first kappa shape index (κ1) is 56.2. The van der Waals surface area contributed by atoms with Crippen molar-refractivity contribution in [2.75, 3.05) is 40.9 Å². The quantitative estimate of drug-likeness (QED) is 0.0246. The number of nitrogens with one attached hydrogen (secondary N) is 1. The summed E-state index contributed by atoms with van der Waals surface area (Å²) in [5.74, 6) is -0.189. The van der Waals surface area contributed by atoms with E-state index in [1.165, 1.54) is 19.3 Å². The number of carbonyl (C=O) groups is 1. The highest BCUT2D eigenvalue weighted by atomic mass is 31.2. The van der Waals surface area contributed by atoms with Crippen LogP contribution in [0.25, 0.3) is 0 Å². The number of carbonyl (C=O) groups excluding carboxylic acids is 1. The molecule has 0 radical (unpaired) electrons. The van der Waals surface area contributed by atoms with Gasteiger partial charge in [0.25, 0.3) is 0 Å². The predicted molar refractivity (Wildman–Crippen MR) is 253 cm³/mol. The fourth-order valence-electron chi connectivity index (χ4n) is 5.68. The Balaban J connectivity index is 4.19. The number of likely N-dealkylation sites (N-methyl/N-ethyl adjacent to an activating group) is 1. The maximum absolute atomic E-state index is 12.8. The summed E-state index contributed by atoms with van der Waals surface area (Å²) in [6.45, 7) is 4.64. The molecule has 3 N–H and O–H groups in total. The minimum Gasteiger partial charge on any atom is -0.391 e. The van der Waals surface area contributed by atoms with Crippen LogP contribution < -0.4 is 5.32 Å². The number of hydrogen-bond acceptors (Lipinski definition) is 5. The Bertz CT molecular complexity index is 1320. The summed E-state index contributed by atoms with van der Waals surface area (Å²) in [5.41, 5.74) is 0. The molecule has 0 fully saturated rings. The van der Waals surface area contributed by atoms with Gasteiger partial charge < -0.3 is 19.8 Å². The second kappa shape index (κ2) is 40.6. The van der Waals surface area contributed by atoms with E-state index in [9.17, 15) is 19.4 Å². The lowest BCUT2D eigenvalue weighted by molar-refractivity contribution is -0.870. The van der Waals surface area contributed by atoms with E-state index < -0.39 is 20.0 Å². The van der Waals surface area contributed by atoms with Crippen LogP contribution in [0, 0.1) is 0 Å². The minimum absolute atomic E-state index is 0.0605. The van der Waals surface area contributed by atoms with Crippen LogP contribution in [-0.2, 0) is 18.4 Å². The zero-order valence-corrected chi connectivity index (χ0v) is 38.8. The molecule has 0 aromatic heterocycles. The number of phosphoric acid groups is 1. The largest absolute Gasteiger partial charge is 0.472 e. The number of hydrogen-bond donors (Lipinski definition) is 3. The SMILES string of the molecule is CC/C=C\C/C=C\C/C=C\C/C=C\C/C=C\C/C=C\C/C=C\C/C=C\C/C=C\CCCCCC(=O)NC(COP(=O)(O)OCC[N+](C)(C)C)C(O)CCCCCCCC. The molecule has 0 rings (SSSR count).